The van der Waals surface area contributed by atoms with Crippen molar-refractivity contribution in [3.63, 3.8) is 0 Å². The van der Waals surface area contributed by atoms with Crippen molar-refractivity contribution in [3.8, 4) is 0 Å². The van der Waals surface area contributed by atoms with E-state index in [2.05, 4.69) is 10.0 Å². The molecule has 2 N–H and O–H groups in total. The molecule has 1 aromatic rings. The highest BCUT2D eigenvalue weighted by molar-refractivity contribution is 7.93. The Morgan fingerprint density at radius 2 is 2.18 bits per heavy atom. The maximum atomic E-state index is 12.1. The van der Waals surface area contributed by atoms with E-state index in [9.17, 15) is 8.42 Å². The van der Waals surface area contributed by atoms with Gasteiger partial charge in [-0.2, -0.15) is 0 Å². The molecule has 1 aromatic carbocycles. The fraction of sp³-hybridized carbons (Fsp3) is 0.500. The Morgan fingerprint density at radius 1 is 1.41 bits per heavy atom. The quantitative estimate of drug-likeness (QED) is 0.853. The number of hydrogen-bond acceptors (Lipinski definition) is 3. The van der Waals surface area contributed by atoms with Crippen LogP contribution in [-0.2, 0) is 16.4 Å². The van der Waals surface area contributed by atoms with Gasteiger partial charge in [0.05, 0.1) is 10.9 Å². The van der Waals surface area contributed by atoms with Gasteiger partial charge in [-0.1, -0.05) is 25.1 Å². The lowest BCUT2D eigenvalue weighted by molar-refractivity contribution is 0.588. The second-order valence-corrected chi connectivity index (χ2v) is 6.23. The van der Waals surface area contributed by atoms with E-state index in [1.54, 1.807) is 0 Å². The Kier molecular flexibility index (Phi) is 3.69. The second-order valence-electron chi connectivity index (χ2n) is 4.27. The number of aryl methyl sites for hydroxylation is 1. The molecule has 0 radical (unpaired) electrons. The lowest BCUT2D eigenvalue weighted by Gasteiger charge is -2.15. The van der Waals surface area contributed by atoms with E-state index < -0.39 is 10.0 Å². The Morgan fingerprint density at radius 3 is 2.82 bits per heavy atom. The summed E-state index contributed by atoms with van der Waals surface area (Å²) in [5, 5.41) is 2.76. The highest BCUT2D eigenvalue weighted by Crippen LogP contribution is 2.20. The number of sulfonamides is 1. The van der Waals surface area contributed by atoms with Crippen LogP contribution in [0.4, 0.5) is 5.69 Å². The minimum Gasteiger partial charge on any atom is -0.315 e. The van der Waals surface area contributed by atoms with E-state index in [0.29, 0.717) is 18.7 Å². The zero-order chi connectivity index (χ0) is 12.3. The molecule has 1 unspecified atom stereocenters. The smallest absolute Gasteiger partial charge is 0.236 e. The highest BCUT2D eigenvalue weighted by atomic mass is 32.2. The molecule has 1 saturated heterocycles. The first-order chi connectivity index (χ1) is 8.13. The van der Waals surface area contributed by atoms with Crippen LogP contribution in [0.15, 0.2) is 24.3 Å². The van der Waals surface area contributed by atoms with Gasteiger partial charge in [-0.15, -0.1) is 0 Å². The summed E-state index contributed by atoms with van der Waals surface area (Å²) in [7, 11) is -3.26. The number of hydrogen-bond donors (Lipinski definition) is 2. The van der Waals surface area contributed by atoms with E-state index >= 15 is 0 Å². The van der Waals surface area contributed by atoms with Crippen LogP contribution in [0.1, 0.15) is 18.9 Å². The molecule has 4 nitrogen and oxygen atoms in total. The third-order valence-electron chi connectivity index (χ3n) is 3.10. The van der Waals surface area contributed by atoms with Crippen LogP contribution in [-0.4, -0.2) is 26.8 Å². The van der Waals surface area contributed by atoms with E-state index in [-0.39, 0.29) is 5.25 Å². The monoisotopic (exact) mass is 254 g/mol. The van der Waals surface area contributed by atoms with E-state index in [0.717, 1.165) is 18.5 Å². The van der Waals surface area contributed by atoms with Crippen LogP contribution < -0.4 is 10.0 Å². The predicted molar refractivity (Wildman–Crippen MR) is 69.6 cm³/mol. The molecule has 94 valence electrons. The van der Waals surface area contributed by atoms with Crippen molar-refractivity contribution >= 4 is 15.7 Å². The Balaban J connectivity index is 2.19. The molecular formula is C12H18N2O2S. The van der Waals surface area contributed by atoms with Crippen molar-refractivity contribution in [1.82, 2.24) is 5.32 Å². The third kappa shape index (κ3) is 2.79. The van der Waals surface area contributed by atoms with Crippen molar-refractivity contribution in [2.45, 2.75) is 25.0 Å². The molecule has 1 aliphatic rings. The average Bonchev–Trinajstić information content (AvgIpc) is 2.83. The molecule has 17 heavy (non-hydrogen) atoms. The summed E-state index contributed by atoms with van der Waals surface area (Å²) in [6.45, 7) is 3.34. The van der Waals surface area contributed by atoms with Crippen LogP contribution in [0.5, 0.6) is 0 Å². The average molecular weight is 254 g/mol. The van der Waals surface area contributed by atoms with Crippen LogP contribution >= 0.6 is 0 Å². The Bertz CT molecular complexity index is 479. The van der Waals surface area contributed by atoms with E-state index in [1.807, 2.05) is 31.2 Å². The number of nitrogens with one attached hydrogen (secondary N) is 2. The molecule has 1 heterocycles. The van der Waals surface area contributed by atoms with Crippen molar-refractivity contribution in [2.24, 2.45) is 0 Å². The number of benzene rings is 1. The molecule has 0 bridgehead atoms. The predicted octanol–water partition coefficient (Wildman–Crippen LogP) is 1.35. The SMILES string of the molecule is CCc1ccccc1NS(=O)(=O)C1CCNC1. The van der Waals surface area contributed by atoms with Gasteiger partial charge in [0, 0.05) is 6.54 Å². The second kappa shape index (κ2) is 5.06. The summed E-state index contributed by atoms with van der Waals surface area (Å²) in [5.41, 5.74) is 1.74. The fourth-order valence-electron chi connectivity index (χ4n) is 2.06. The summed E-state index contributed by atoms with van der Waals surface area (Å²) in [5.74, 6) is 0. The minimum atomic E-state index is -3.26. The van der Waals surface area contributed by atoms with Gasteiger partial charge in [0.15, 0.2) is 0 Å². The summed E-state index contributed by atoms with van der Waals surface area (Å²) in [6, 6.07) is 7.54. The molecule has 0 saturated carbocycles. The molecule has 5 heteroatoms. The van der Waals surface area contributed by atoms with Gasteiger partial charge >= 0.3 is 0 Å². The molecule has 1 atom stereocenters. The van der Waals surface area contributed by atoms with E-state index in [1.165, 1.54) is 0 Å². The largest absolute Gasteiger partial charge is 0.315 e. The van der Waals surface area contributed by atoms with Gasteiger partial charge in [-0.25, -0.2) is 8.42 Å². The van der Waals surface area contributed by atoms with Crippen molar-refractivity contribution in [3.05, 3.63) is 29.8 Å². The molecule has 0 spiro atoms. The number of para-hydroxylation sites is 1. The van der Waals surface area contributed by atoms with E-state index in [4.69, 9.17) is 0 Å². The zero-order valence-electron chi connectivity index (χ0n) is 9.94. The molecule has 0 aromatic heterocycles. The third-order valence-corrected chi connectivity index (χ3v) is 4.89. The molecule has 0 aliphatic carbocycles. The van der Waals surface area contributed by atoms with Crippen LogP contribution in [0.25, 0.3) is 0 Å². The van der Waals surface area contributed by atoms with Gasteiger partial charge in [0.2, 0.25) is 10.0 Å². The first kappa shape index (κ1) is 12.4. The first-order valence-electron chi connectivity index (χ1n) is 5.93. The number of rotatable bonds is 4. The zero-order valence-corrected chi connectivity index (χ0v) is 10.8. The Hall–Kier alpha value is -1.07. The van der Waals surface area contributed by atoms with Crippen LogP contribution in [0.2, 0.25) is 0 Å². The van der Waals surface area contributed by atoms with Crippen LogP contribution in [0, 0.1) is 0 Å². The topological polar surface area (TPSA) is 58.2 Å². The lowest BCUT2D eigenvalue weighted by atomic mass is 10.1. The van der Waals surface area contributed by atoms with Gasteiger partial charge in [0.1, 0.15) is 0 Å². The first-order valence-corrected chi connectivity index (χ1v) is 7.48. The summed E-state index contributed by atoms with van der Waals surface area (Å²) >= 11 is 0. The standard InChI is InChI=1S/C12H18N2O2S/c1-2-10-5-3-4-6-12(10)14-17(15,16)11-7-8-13-9-11/h3-6,11,13-14H,2,7-9H2,1H3. The van der Waals surface area contributed by atoms with Crippen molar-refractivity contribution < 1.29 is 8.42 Å². The lowest BCUT2D eigenvalue weighted by Crippen LogP contribution is -2.29. The van der Waals surface area contributed by atoms with Gasteiger partial charge in [-0.3, -0.25) is 4.72 Å². The fourth-order valence-corrected chi connectivity index (χ4v) is 3.50. The van der Waals surface area contributed by atoms with Gasteiger partial charge < -0.3 is 5.32 Å². The summed E-state index contributed by atoms with van der Waals surface area (Å²) in [4.78, 5) is 0. The highest BCUT2D eigenvalue weighted by Gasteiger charge is 2.28. The van der Waals surface area contributed by atoms with Gasteiger partial charge in [0.25, 0.3) is 0 Å². The van der Waals surface area contributed by atoms with Crippen molar-refractivity contribution in [1.29, 1.82) is 0 Å². The van der Waals surface area contributed by atoms with Crippen LogP contribution in [0.3, 0.4) is 0 Å². The minimum absolute atomic E-state index is 0.313. The van der Waals surface area contributed by atoms with Gasteiger partial charge in [-0.05, 0) is 31.0 Å². The molecule has 1 aliphatic heterocycles. The molecule has 0 amide bonds. The molecule has 1 fully saturated rings. The molecule has 2 rings (SSSR count). The molecular weight excluding hydrogens is 236 g/mol. The Labute approximate surface area is 102 Å². The van der Waals surface area contributed by atoms with Crippen molar-refractivity contribution in [2.75, 3.05) is 17.8 Å². The maximum absolute atomic E-state index is 12.1. The summed E-state index contributed by atoms with van der Waals surface area (Å²) in [6.07, 6.45) is 1.51. The summed E-state index contributed by atoms with van der Waals surface area (Å²) < 4.78 is 27.0. The maximum Gasteiger partial charge on any atom is 0.236 e. The normalized spacial score (nSPS) is 20.4. The number of anilines is 1.